The molecular formula is C9H11N5O. The van der Waals surface area contributed by atoms with Gasteiger partial charge in [0.25, 0.3) is 5.71 Å². The second kappa shape index (κ2) is 3.54. The zero-order valence-electron chi connectivity index (χ0n) is 8.18. The van der Waals surface area contributed by atoms with Crippen molar-refractivity contribution in [2.45, 2.75) is 18.8 Å². The molecule has 78 valence electrons. The number of rotatable bonds is 1. The van der Waals surface area contributed by atoms with E-state index < -0.39 is 0 Å². The first-order valence-electron chi connectivity index (χ1n) is 5.09. The van der Waals surface area contributed by atoms with Gasteiger partial charge in [0, 0.05) is 12.5 Å². The lowest BCUT2D eigenvalue weighted by Gasteiger charge is -2.20. The predicted molar refractivity (Wildman–Crippen MR) is 52.2 cm³/mol. The number of nitrogens with zero attached hydrogens (tertiary/aromatic N) is 4. The van der Waals surface area contributed by atoms with Crippen molar-refractivity contribution in [1.82, 2.24) is 25.7 Å². The average Bonchev–Trinajstić information content (AvgIpc) is 2.74. The van der Waals surface area contributed by atoms with Crippen LogP contribution in [0.3, 0.4) is 0 Å². The van der Waals surface area contributed by atoms with E-state index in [2.05, 4.69) is 25.7 Å². The maximum atomic E-state index is 5.09. The maximum Gasteiger partial charge on any atom is 0.295 e. The summed E-state index contributed by atoms with van der Waals surface area (Å²) in [6.45, 7) is 2.02. The van der Waals surface area contributed by atoms with Gasteiger partial charge in [-0.2, -0.15) is 0 Å². The molecule has 2 aromatic rings. The Bertz CT molecular complexity index is 462. The van der Waals surface area contributed by atoms with Crippen molar-refractivity contribution in [2.75, 3.05) is 13.1 Å². The van der Waals surface area contributed by atoms with Gasteiger partial charge in [0.15, 0.2) is 5.52 Å². The number of hydrogen-bond donors (Lipinski definition) is 1. The van der Waals surface area contributed by atoms with Crippen LogP contribution in [0.25, 0.3) is 11.2 Å². The standard InChI is InChI=1S/C9H11N5O/c1-2-6(4-10-3-1)7-8-9(15-14-7)13-12-5-11-8/h5-6,10H,1-4H2. The second-order valence-electron chi connectivity index (χ2n) is 3.72. The van der Waals surface area contributed by atoms with E-state index in [0.717, 1.165) is 37.1 Å². The average molecular weight is 205 g/mol. The molecule has 1 atom stereocenters. The number of fused-ring (bicyclic) bond motifs is 1. The number of hydrogen-bond acceptors (Lipinski definition) is 6. The quantitative estimate of drug-likeness (QED) is 0.729. The van der Waals surface area contributed by atoms with Gasteiger partial charge < -0.3 is 9.84 Å². The molecule has 0 aliphatic carbocycles. The zero-order valence-corrected chi connectivity index (χ0v) is 8.18. The molecule has 0 radical (unpaired) electrons. The Morgan fingerprint density at radius 2 is 2.47 bits per heavy atom. The van der Waals surface area contributed by atoms with E-state index in [1.165, 1.54) is 6.33 Å². The Balaban J connectivity index is 2.02. The molecule has 3 heterocycles. The summed E-state index contributed by atoms with van der Waals surface area (Å²) in [5.74, 6) is 0.386. The largest absolute Gasteiger partial charge is 0.332 e. The molecule has 2 aromatic heterocycles. The first-order valence-corrected chi connectivity index (χ1v) is 5.09. The minimum absolute atomic E-state index is 0.386. The van der Waals surface area contributed by atoms with Gasteiger partial charge in [0.1, 0.15) is 12.0 Å². The molecule has 0 bridgehead atoms. The Hall–Kier alpha value is -1.56. The van der Waals surface area contributed by atoms with Crippen molar-refractivity contribution in [3.63, 3.8) is 0 Å². The van der Waals surface area contributed by atoms with E-state index in [-0.39, 0.29) is 0 Å². The van der Waals surface area contributed by atoms with Gasteiger partial charge in [-0.1, -0.05) is 5.16 Å². The lowest BCUT2D eigenvalue weighted by atomic mass is 9.96. The SMILES string of the molecule is c1nnc2onc(C3CCCNC3)c2n1. The van der Waals surface area contributed by atoms with Crippen molar-refractivity contribution >= 4 is 11.2 Å². The van der Waals surface area contributed by atoms with Crippen LogP contribution in [0.5, 0.6) is 0 Å². The molecule has 0 spiro atoms. The van der Waals surface area contributed by atoms with E-state index in [1.54, 1.807) is 0 Å². The summed E-state index contributed by atoms with van der Waals surface area (Å²) >= 11 is 0. The summed E-state index contributed by atoms with van der Waals surface area (Å²) in [4.78, 5) is 4.16. The van der Waals surface area contributed by atoms with Crippen LogP contribution in [-0.4, -0.2) is 33.4 Å². The summed E-state index contributed by atoms with van der Waals surface area (Å²) in [6, 6.07) is 0. The molecule has 6 heteroatoms. The van der Waals surface area contributed by atoms with Gasteiger partial charge >= 0.3 is 0 Å². The van der Waals surface area contributed by atoms with Crippen molar-refractivity contribution in [3.8, 4) is 0 Å². The first-order chi connectivity index (χ1) is 7.45. The molecule has 1 aliphatic heterocycles. The molecule has 6 nitrogen and oxygen atoms in total. The van der Waals surface area contributed by atoms with Gasteiger partial charge in [-0.3, -0.25) is 0 Å². The Morgan fingerprint density at radius 3 is 3.33 bits per heavy atom. The van der Waals surface area contributed by atoms with Crippen molar-refractivity contribution in [3.05, 3.63) is 12.0 Å². The first kappa shape index (κ1) is 8.72. The smallest absolute Gasteiger partial charge is 0.295 e. The number of nitrogens with one attached hydrogen (secondary N) is 1. The third-order valence-electron chi connectivity index (χ3n) is 2.75. The van der Waals surface area contributed by atoms with Crippen LogP contribution in [0.2, 0.25) is 0 Å². The summed E-state index contributed by atoms with van der Waals surface area (Å²) in [6.07, 6.45) is 3.72. The van der Waals surface area contributed by atoms with Crippen LogP contribution in [-0.2, 0) is 0 Å². The molecule has 1 unspecified atom stereocenters. The van der Waals surface area contributed by atoms with E-state index in [9.17, 15) is 0 Å². The fourth-order valence-corrected chi connectivity index (χ4v) is 1.99. The van der Waals surface area contributed by atoms with Gasteiger partial charge in [0.05, 0.1) is 0 Å². The van der Waals surface area contributed by atoms with Crippen LogP contribution in [0.15, 0.2) is 10.9 Å². The highest BCUT2D eigenvalue weighted by atomic mass is 16.5. The van der Waals surface area contributed by atoms with Gasteiger partial charge in [-0.05, 0) is 19.4 Å². The highest BCUT2D eigenvalue weighted by Crippen LogP contribution is 2.26. The molecular weight excluding hydrogens is 194 g/mol. The Morgan fingerprint density at radius 1 is 1.47 bits per heavy atom. The summed E-state index contributed by atoms with van der Waals surface area (Å²) < 4.78 is 5.09. The molecule has 0 saturated carbocycles. The van der Waals surface area contributed by atoms with E-state index in [1.807, 2.05) is 0 Å². The fourth-order valence-electron chi connectivity index (χ4n) is 1.99. The summed E-state index contributed by atoms with van der Waals surface area (Å²) in [5.41, 5.74) is 2.09. The normalized spacial score (nSPS) is 22.0. The highest BCUT2D eigenvalue weighted by Gasteiger charge is 2.22. The Labute approximate surface area is 86.1 Å². The predicted octanol–water partition coefficient (Wildman–Crippen LogP) is 0.480. The molecule has 1 aliphatic rings. The van der Waals surface area contributed by atoms with Crippen LogP contribution >= 0.6 is 0 Å². The van der Waals surface area contributed by atoms with Crippen molar-refractivity contribution < 1.29 is 4.52 Å². The molecule has 1 fully saturated rings. The van der Waals surface area contributed by atoms with Crippen LogP contribution in [0, 0.1) is 0 Å². The van der Waals surface area contributed by atoms with Crippen LogP contribution in [0.1, 0.15) is 24.5 Å². The van der Waals surface area contributed by atoms with Crippen LogP contribution in [0.4, 0.5) is 0 Å². The molecule has 1 N–H and O–H groups in total. The zero-order chi connectivity index (χ0) is 10.1. The van der Waals surface area contributed by atoms with Crippen LogP contribution < -0.4 is 5.32 Å². The fraction of sp³-hybridized carbons (Fsp3) is 0.556. The van der Waals surface area contributed by atoms with Gasteiger partial charge in [-0.25, -0.2) is 4.98 Å². The molecule has 0 aromatic carbocycles. The maximum absolute atomic E-state index is 5.09. The lowest BCUT2D eigenvalue weighted by Crippen LogP contribution is -2.28. The number of piperidine rings is 1. The third kappa shape index (κ3) is 1.46. The topological polar surface area (TPSA) is 76.7 Å². The minimum atomic E-state index is 0.386. The van der Waals surface area contributed by atoms with E-state index in [4.69, 9.17) is 4.52 Å². The molecule has 0 amide bonds. The third-order valence-corrected chi connectivity index (χ3v) is 2.75. The second-order valence-corrected chi connectivity index (χ2v) is 3.72. The van der Waals surface area contributed by atoms with Crippen molar-refractivity contribution in [1.29, 1.82) is 0 Å². The minimum Gasteiger partial charge on any atom is -0.332 e. The van der Waals surface area contributed by atoms with Gasteiger partial charge in [0.2, 0.25) is 0 Å². The summed E-state index contributed by atoms with van der Waals surface area (Å²) in [5, 5.41) is 14.9. The lowest BCUT2D eigenvalue weighted by molar-refractivity contribution is 0.401. The number of aromatic nitrogens is 4. The molecule has 15 heavy (non-hydrogen) atoms. The Kier molecular flexibility index (Phi) is 2.06. The van der Waals surface area contributed by atoms with E-state index >= 15 is 0 Å². The summed E-state index contributed by atoms with van der Waals surface area (Å²) in [7, 11) is 0. The van der Waals surface area contributed by atoms with E-state index in [0.29, 0.717) is 11.6 Å². The van der Waals surface area contributed by atoms with Crippen molar-refractivity contribution in [2.24, 2.45) is 0 Å². The molecule has 1 saturated heterocycles. The van der Waals surface area contributed by atoms with Gasteiger partial charge in [-0.15, -0.1) is 10.2 Å². The molecule has 3 rings (SSSR count). The monoisotopic (exact) mass is 205 g/mol. The highest BCUT2D eigenvalue weighted by molar-refractivity contribution is 5.70.